The van der Waals surface area contributed by atoms with E-state index in [0.29, 0.717) is 17.7 Å². The van der Waals surface area contributed by atoms with Crippen molar-refractivity contribution in [3.8, 4) is 5.88 Å². The minimum atomic E-state index is -1.67. The predicted molar refractivity (Wildman–Crippen MR) is 180 cm³/mol. The van der Waals surface area contributed by atoms with Gasteiger partial charge in [0.15, 0.2) is 12.2 Å². The second kappa shape index (κ2) is 14.9. The first kappa shape index (κ1) is 33.6. The number of aromatic nitrogens is 2. The second-order valence-electron chi connectivity index (χ2n) is 15.2. The first-order chi connectivity index (χ1) is 24.6. The Morgan fingerprint density at radius 3 is 1.78 bits per heavy atom. The van der Waals surface area contributed by atoms with Crippen LogP contribution < -0.4 is 4.74 Å². The highest BCUT2D eigenvalue weighted by molar-refractivity contribution is 5.78. The largest absolute Gasteiger partial charge is 0.462 e. The number of hydrogen-bond acceptors (Lipinski definition) is 11. The molecule has 2 aromatic rings. The highest BCUT2D eigenvalue weighted by Crippen LogP contribution is 2.36. The zero-order chi connectivity index (χ0) is 39.9. The number of carbonyl (C=O) groups excluding carboxylic acids is 4. The molecule has 0 bridgehead atoms. The molecule has 0 amide bonds. The zero-order valence-electron chi connectivity index (χ0n) is 34.0. The lowest BCUT2D eigenvalue weighted by atomic mass is 9.93. The van der Waals surface area contributed by atoms with Gasteiger partial charge in [-0.2, -0.15) is 0 Å². The molecule has 1 unspecified atom stereocenters. The summed E-state index contributed by atoms with van der Waals surface area (Å²) in [6, 6.07) is 9.49. The predicted octanol–water partition coefficient (Wildman–Crippen LogP) is 5.88. The van der Waals surface area contributed by atoms with Crippen molar-refractivity contribution in [1.82, 2.24) is 10.2 Å². The van der Waals surface area contributed by atoms with E-state index in [4.69, 9.17) is 33.9 Å². The van der Waals surface area contributed by atoms with E-state index in [9.17, 15) is 19.2 Å². The number of ether oxygens (including phenoxy) is 6. The van der Waals surface area contributed by atoms with Crippen LogP contribution in [-0.2, 0) is 49.3 Å². The molecule has 49 heavy (non-hydrogen) atoms. The topological polar surface area (TPSA) is 152 Å². The lowest BCUT2D eigenvalue weighted by Crippen LogP contribution is -2.65. The molecule has 12 nitrogen and oxygen atoms in total. The number of nitrogens with zero attached hydrogens (tertiary/aromatic N) is 1. The first-order valence-corrected chi connectivity index (χ1v) is 16.0. The van der Waals surface area contributed by atoms with Gasteiger partial charge in [-0.3, -0.25) is 24.3 Å². The van der Waals surface area contributed by atoms with E-state index < -0.39 is 82.8 Å². The van der Waals surface area contributed by atoms with Crippen molar-refractivity contribution < 1.29 is 53.1 Å². The van der Waals surface area contributed by atoms with Gasteiger partial charge >= 0.3 is 23.9 Å². The Balaban J connectivity index is 2.23. The fourth-order valence-corrected chi connectivity index (χ4v) is 4.36. The fourth-order valence-electron chi connectivity index (χ4n) is 4.36. The number of aryl methyl sites for hydroxylation is 1. The molecule has 1 aromatic heterocycles. The van der Waals surface area contributed by atoms with Gasteiger partial charge in [-0.15, -0.1) is 5.10 Å². The minimum Gasteiger partial charge on any atom is -0.462 e. The summed E-state index contributed by atoms with van der Waals surface area (Å²) in [5, 5.41) is 7.23. The molecule has 1 fully saturated rings. The van der Waals surface area contributed by atoms with E-state index in [1.54, 1.807) is 6.92 Å². The molecule has 0 aliphatic carbocycles. The standard InChI is InChI=1S/C37H54N2O10/c1-21-23(19-22-17-15-14-16-18-22)28(39-38-21)49-29-27(48-33(43)37(11,12)13)26(47-32(42)36(8,9)10)25(46-31(41)35(5,6)7)24(45-29)20-44-30(40)34(2,3)4/h14-18,24-27,29H,19-20H2,1-13H3,(H,38,39)/t24-,25-,26+,27-,29?/m1/s1/i2D,5D,8D,11D. The lowest BCUT2D eigenvalue weighted by molar-refractivity contribution is -0.294. The normalized spacial score (nSPS) is 22.8. The summed E-state index contributed by atoms with van der Waals surface area (Å²) >= 11 is 0. The summed E-state index contributed by atoms with van der Waals surface area (Å²) in [6.07, 6.45) is -7.59. The SMILES string of the molecule is [2H]CC(C)(C)C(=O)OC[C@H]1OC(Oc2n[nH]c(C)c2Cc2ccccc2)[C@H](OC(=O)C(C)(C)C[2H])[C@@H](OC(=O)C(C)(C)C[2H])[C@@H]1OC(=O)C(C)(C)C[2H]. The molecule has 0 saturated carbocycles. The third-order valence-electron chi connectivity index (χ3n) is 7.40. The van der Waals surface area contributed by atoms with Crippen molar-refractivity contribution in [3.05, 3.63) is 47.2 Å². The molecule has 1 aliphatic heterocycles. The van der Waals surface area contributed by atoms with Crippen LogP contribution in [0.2, 0.25) is 0 Å². The molecule has 1 aromatic carbocycles. The van der Waals surface area contributed by atoms with Gasteiger partial charge < -0.3 is 28.4 Å². The van der Waals surface area contributed by atoms with Crippen molar-refractivity contribution in [2.45, 2.75) is 127 Å². The van der Waals surface area contributed by atoms with Gasteiger partial charge in [-0.25, -0.2) is 0 Å². The maximum atomic E-state index is 13.7. The molecule has 1 saturated heterocycles. The Hall–Kier alpha value is -3.93. The summed E-state index contributed by atoms with van der Waals surface area (Å²) in [7, 11) is 0. The monoisotopic (exact) mass is 690 g/mol. The van der Waals surface area contributed by atoms with Crippen LogP contribution in [0.3, 0.4) is 0 Å². The van der Waals surface area contributed by atoms with Crippen LogP contribution in [0.15, 0.2) is 30.3 Å². The highest BCUT2D eigenvalue weighted by Gasteiger charge is 2.56. The summed E-state index contributed by atoms with van der Waals surface area (Å²) in [6.45, 7) is 11.7. The number of carbonyl (C=O) groups is 4. The average Bonchev–Trinajstić information content (AvgIpc) is 3.46. The summed E-state index contributed by atoms with van der Waals surface area (Å²) in [5.41, 5.74) is -3.07. The van der Waals surface area contributed by atoms with Crippen LogP contribution >= 0.6 is 0 Å². The van der Waals surface area contributed by atoms with Crippen LogP contribution in [0.25, 0.3) is 0 Å². The molecule has 272 valence electrons. The van der Waals surface area contributed by atoms with Crippen molar-refractivity contribution in [1.29, 1.82) is 0 Å². The van der Waals surface area contributed by atoms with E-state index >= 15 is 0 Å². The van der Waals surface area contributed by atoms with Gasteiger partial charge in [0.1, 0.15) is 12.7 Å². The van der Waals surface area contributed by atoms with E-state index in [0.717, 1.165) is 5.56 Å². The lowest BCUT2D eigenvalue weighted by Gasteiger charge is -2.45. The maximum Gasteiger partial charge on any atom is 0.311 e. The molecular weight excluding hydrogens is 632 g/mol. The molecule has 12 heteroatoms. The van der Waals surface area contributed by atoms with Crippen LogP contribution in [0.1, 0.15) is 105 Å². The molecule has 1 N–H and O–H groups in total. The smallest absolute Gasteiger partial charge is 0.311 e. The number of hydrogen-bond donors (Lipinski definition) is 1. The Bertz CT molecular complexity index is 1580. The van der Waals surface area contributed by atoms with Gasteiger partial charge in [-0.1, -0.05) is 30.3 Å². The van der Waals surface area contributed by atoms with Crippen LogP contribution in [0, 0.1) is 28.6 Å². The van der Waals surface area contributed by atoms with E-state index in [2.05, 4.69) is 10.2 Å². The highest BCUT2D eigenvalue weighted by atomic mass is 16.7. The summed E-state index contributed by atoms with van der Waals surface area (Å²) in [5.74, 6) is -3.35. The number of rotatable bonds is 9. The Labute approximate surface area is 295 Å². The van der Waals surface area contributed by atoms with Crippen LogP contribution in [0.4, 0.5) is 0 Å². The van der Waals surface area contributed by atoms with Gasteiger partial charge in [0.2, 0.25) is 18.3 Å². The van der Waals surface area contributed by atoms with Gasteiger partial charge in [0, 0.05) is 23.2 Å². The summed E-state index contributed by atoms with van der Waals surface area (Å²) in [4.78, 5) is 54.0. The second-order valence-corrected chi connectivity index (χ2v) is 15.2. The Kier molecular flexibility index (Phi) is 10.2. The van der Waals surface area contributed by atoms with Gasteiger partial charge in [0.05, 0.1) is 21.7 Å². The maximum absolute atomic E-state index is 13.7. The molecule has 1 aliphatic rings. The van der Waals surface area contributed by atoms with Gasteiger partial charge in [0.25, 0.3) is 0 Å². The van der Waals surface area contributed by atoms with E-state index in [1.807, 2.05) is 30.3 Å². The summed E-state index contributed by atoms with van der Waals surface area (Å²) < 4.78 is 68.0. The molecule has 2 heterocycles. The fraction of sp³-hybridized carbons (Fsp3) is 0.649. The van der Waals surface area contributed by atoms with Crippen molar-refractivity contribution in [3.63, 3.8) is 0 Å². The molecule has 5 atom stereocenters. The van der Waals surface area contributed by atoms with Gasteiger partial charge in [-0.05, 0) is 95.5 Å². The Morgan fingerprint density at radius 2 is 1.24 bits per heavy atom. The third-order valence-corrected chi connectivity index (χ3v) is 7.40. The van der Waals surface area contributed by atoms with Crippen molar-refractivity contribution in [2.24, 2.45) is 21.7 Å². The van der Waals surface area contributed by atoms with E-state index in [-0.39, 0.29) is 33.5 Å². The van der Waals surface area contributed by atoms with Crippen LogP contribution in [-0.4, -0.2) is 71.4 Å². The molecule has 0 spiro atoms. The minimum absolute atomic E-state index is 0.0607. The Morgan fingerprint density at radius 1 is 0.755 bits per heavy atom. The number of H-pyrrole nitrogens is 1. The zero-order valence-corrected chi connectivity index (χ0v) is 30.0. The number of aromatic amines is 1. The average molecular weight is 691 g/mol. The molecule has 0 radical (unpaired) electrons. The van der Waals surface area contributed by atoms with Crippen molar-refractivity contribution in [2.75, 3.05) is 6.61 Å². The first-order valence-electron chi connectivity index (χ1n) is 18.8. The number of benzene rings is 1. The molecule has 3 rings (SSSR count). The molecular formula is C37H54N2O10. The van der Waals surface area contributed by atoms with Crippen molar-refractivity contribution >= 4 is 23.9 Å². The van der Waals surface area contributed by atoms with Crippen LogP contribution in [0.5, 0.6) is 5.88 Å². The van der Waals surface area contributed by atoms with E-state index in [1.165, 1.54) is 55.4 Å². The third kappa shape index (κ3) is 10.5. The number of nitrogens with one attached hydrogen (secondary N) is 1. The number of esters is 4. The quantitative estimate of drug-likeness (QED) is 0.248.